The third-order valence-corrected chi connectivity index (χ3v) is 8.79. The van der Waals surface area contributed by atoms with Crippen LogP contribution in [0.1, 0.15) is 118 Å². The van der Waals surface area contributed by atoms with Gasteiger partial charge in [-0.15, -0.1) is 0 Å². The zero-order valence-electron chi connectivity index (χ0n) is 25.5. The molecule has 0 amide bonds. The van der Waals surface area contributed by atoms with E-state index >= 15 is 0 Å². The Morgan fingerprint density at radius 3 is 2.30 bits per heavy atom. The molecule has 0 radical (unpaired) electrons. The minimum Gasteiger partial charge on any atom is -0.481 e. The van der Waals surface area contributed by atoms with Gasteiger partial charge in [0.15, 0.2) is 12.6 Å². The summed E-state index contributed by atoms with van der Waals surface area (Å²) >= 11 is 0. The summed E-state index contributed by atoms with van der Waals surface area (Å²) in [7, 11) is 0. The number of rotatable bonds is 16. The molecule has 1 saturated carbocycles. The Kier molecular flexibility index (Phi) is 14.1. The maximum absolute atomic E-state index is 11.2. The van der Waals surface area contributed by atoms with Gasteiger partial charge < -0.3 is 29.2 Å². The Hall–Kier alpha value is -1.25. The Labute approximate surface area is 242 Å². The number of aliphatic hydroxyl groups excluding tert-OH is 1. The number of carboxylic acids is 1. The van der Waals surface area contributed by atoms with Gasteiger partial charge in [-0.3, -0.25) is 4.79 Å². The van der Waals surface area contributed by atoms with Crippen molar-refractivity contribution in [1.29, 1.82) is 0 Å². The van der Waals surface area contributed by atoms with E-state index in [0.29, 0.717) is 12.8 Å². The van der Waals surface area contributed by atoms with Gasteiger partial charge in [0, 0.05) is 32.0 Å². The second-order valence-electron chi connectivity index (χ2n) is 13.1. The fraction of sp³-hybridized carbons (Fsp3) is 0.848. The first-order valence-corrected chi connectivity index (χ1v) is 15.9. The van der Waals surface area contributed by atoms with Crippen molar-refractivity contribution in [3.63, 3.8) is 0 Å². The highest BCUT2D eigenvalue weighted by atomic mass is 16.7. The highest BCUT2D eigenvalue weighted by molar-refractivity contribution is 5.66. The Bertz CT molecular complexity index is 791. The maximum Gasteiger partial charge on any atom is 0.303 e. The molecule has 2 unspecified atom stereocenters. The first kappa shape index (κ1) is 33.3. The molecule has 3 rings (SSSR count). The average Bonchev–Trinajstić information content (AvgIpc) is 3.21. The zero-order chi connectivity index (χ0) is 29.0. The van der Waals surface area contributed by atoms with Gasteiger partial charge in [0.05, 0.1) is 18.3 Å². The summed E-state index contributed by atoms with van der Waals surface area (Å²) in [6, 6.07) is 0. The van der Waals surface area contributed by atoms with Crippen LogP contribution in [0.4, 0.5) is 0 Å². The van der Waals surface area contributed by atoms with Gasteiger partial charge in [0.25, 0.3) is 0 Å². The molecule has 2 aliphatic heterocycles. The first-order chi connectivity index (χ1) is 19.2. The molecule has 3 fully saturated rings. The number of hydrogen-bond acceptors (Lipinski definition) is 6. The summed E-state index contributed by atoms with van der Waals surface area (Å²) in [6.45, 7) is 10.3. The molecule has 7 atom stereocenters. The monoisotopic (exact) mass is 564 g/mol. The van der Waals surface area contributed by atoms with Crippen molar-refractivity contribution in [2.24, 2.45) is 17.3 Å². The van der Waals surface area contributed by atoms with E-state index in [-0.39, 0.29) is 48.5 Å². The number of hydrogen-bond donors (Lipinski definition) is 2. The molecule has 2 saturated heterocycles. The smallest absolute Gasteiger partial charge is 0.303 e. The van der Waals surface area contributed by atoms with E-state index in [9.17, 15) is 9.90 Å². The Balaban J connectivity index is 1.75. The predicted molar refractivity (Wildman–Crippen MR) is 157 cm³/mol. The first-order valence-electron chi connectivity index (χ1n) is 15.9. The lowest BCUT2D eigenvalue weighted by Gasteiger charge is -2.36. The Morgan fingerprint density at radius 2 is 1.68 bits per heavy atom. The number of ether oxygens (including phenoxy) is 4. The van der Waals surface area contributed by atoms with Crippen molar-refractivity contribution in [2.45, 2.75) is 148 Å². The molecular formula is C33H56O7. The van der Waals surface area contributed by atoms with Crippen molar-refractivity contribution in [3.05, 3.63) is 23.8 Å². The Morgan fingerprint density at radius 1 is 1.00 bits per heavy atom. The summed E-state index contributed by atoms with van der Waals surface area (Å²) in [5.41, 5.74) is 1.17. The number of unbranched alkanes of at least 4 members (excludes halogenated alkanes) is 3. The van der Waals surface area contributed by atoms with Crippen LogP contribution in [0.2, 0.25) is 0 Å². The quantitative estimate of drug-likeness (QED) is 0.152. The summed E-state index contributed by atoms with van der Waals surface area (Å²) in [5.74, 6) is -0.571. The maximum atomic E-state index is 11.2. The molecule has 3 aliphatic rings. The topological polar surface area (TPSA) is 94.5 Å². The van der Waals surface area contributed by atoms with Crippen LogP contribution in [0.3, 0.4) is 0 Å². The highest BCUT2D eigenvalue weighted by Gasteiger charge is 2.43. The molecule has 0 spiro atoms. The third kappa shape index (κ3) is 11.2. The molecule has 1 aliphatic carbocycles. The highest BCUT2D eigenvalue weighted by Crippen LogP contribution is 2.41. The van der Waals surface area contributed by atoms with Gasteiger partial charge in [-0.25, -0.2) is 0 Å². The fourth-order valence-electron chi connectivity index (χ4n) is 6.21. The van der Waals surface area contributed by atoms with Crippen LogP contribution >= 0.6 is 0 Å². The summed E-state index contributed by atoms with van der Waals surface area (Å²) in [6.07, 6.45) is 18.1. The van der Waals surface area contributed by atoms with Gasteiger partial charge in [-0.05, 0) is 83.0 Å². The molecular weight excluding hydrogens is 508 g/mol. The minimum atomic E-state index is -0.732. The van der Waals surface area contributed by atoms with E-state index in [0.717, 1.165) is 83.8 Å². The van der Waals surface area contributed by atoms with Crippen LogP contribution in [0.15, 0.2) is 23.8 Å². The standard InChI is InChI=1S/C33H56O7/c1-24(2)19-20-33(3,4)29(40-32-16-10-12-22-38-32)18-17-26-25(13-7-5-6-8-14-30(35)36)27(34)23-28(26)39-31-15-9-11-21-37-31/h17-19,25-29,31-32,34H,5-16,20-23H2,1-4H3,(H,35,36)/b18-17+/t25-,26-,27+,28-,29-,31?,32?/m1/s1. The lowest BCUT2D eigenvalue weighted by atomic mass is 9.80. The van der Waals surface area contributed by atoms with Gasteiger partial charge in [0.2, 0.25) is 0 Å². The summed E-state index contributed by atoms with van der Waals surface area (Å²) < 4.78 is 25.0. The number of carbonyl (C=O) groups is 1. The molecule has 40 heavy (non-hydrogen) atoms. The lowest BCUT2D eigenvalue weighted by molar-refractivity contribution is -0.197. The fourth-order valence-corrected chi connectivity index (χ4v) is 6.21. The molecule has 0 aromatic carbocycles. The van der Waals surface area contributed by atoms with E-state index in [1.165, 1.54) is 5.57 Å². The van der Waals surface area contributed by atoms with E-state index in [2.05, 4.69) is 45.9 Å². The molecule has 230 valence electrons. The van der Waals surface area contributed by atoms with Crippen molar-refractivity contribution < 1.29 is 34.0 Å². The van der Waals surface area contributed by atoms with Crippen LogP contribution < -0.4 is 0 Å². The van der Waals surface area contributed by atoms with Crippen LogP contribution in [-0.4, -0.2) is 60.3 Å². The summed E-state index contributed by atoms with van der Waals surface area (Å²) in [4.78, 5) is 10.8. The van der Waals surface area contributed by atoms with E-state index in [4.69, 9.17) is 24.1 Å². The lowest BCUT2D eigenvalue weighted by Crippen LogP contribution is -2.36. The normalized spacial score (nSPS) is 30.4. The second-order valence-corrected chi connectivity index (χ2v) is 13.1. The number of carboxylic acid groups (broad SMARTS) is 1. The molecule has 0 aromatic rings. The van der Waals surface area contributed by atoms with Gasteiger partial charge in [-0.2, -0.15) is 0 Å². The van der Waals surface area contributed by atoms with Gasteiger partial charge in [0.1, 0.15) is 0 Å². The average molecular weight is 565 g/mol. The van der Waals surface area contributed by atoms with E-state index in [1.54, 1.807) is 0 Å². The number of allylic oxidation sites excluding steroid dienone is 2. The number of aliphatic hydroxyl groups is 1. The molecule has 7 heteroatoms. The van der Waals surface area contributed by atoms with Crippen LogP contribution in [0.5, 0.6) is 0 Å². The predicted octanol–water partition coefficient (Wildman–Crippen LogP) is 7.17. The van der Waals surface area contributed by atoms with Gasteiger partial charge in [-0.1, -0.05) is 56.9 Å². The van der Waals surface area contributed by atoms with Crippen molar-refractivity contribution in [3.8, 4) is 0 Å². The van der Waals surface area contributed by atoms with Crippen LogP contribution in [0, 0.1) is 17.3 Å². The van der Waals surface area contributed by atoms with Gasteiger partial charge >= 0.3 is 5.97 Å². The van der Waals surface area contributed by atoms with E-state index in [1.807, 2.05) is 0 Å². The van der Waals surface area contributed by atoms with E-state index < -0.39 is 12.1 Å². The SMILES string of the molecule is CC(C)=CCC(C)(C)[C@@H](/C=C/[C@@H]1[C@@H](CCCCCCC(=O)O)[C@@H](O)C[C@H]1OC1CCCCO1)OC1CCCCO1. The number of aliphatic carboxylic acids is 1. The molecule has 2 N–H and O–H groups in total. The second kappa shape index (κ2) is 17.0. The molecule has 2 heterocycles. The third-order valence-electron chi connectivity index (χ3n) is 8.79. The van der Waals surface area contributed by atoms with Crippen LogP contribution in [0.25, 0.3) is 0 Å². The molecule has 0 aromatic heterocycles. The zero-order valence-corrected chi connectivity index (χ0v) is 25.5. The van der Waals surface area contributed by atoms with Crippen molar-refractivity contribution in [2.75, 3.05) is 13.2 Å². The van der Waals surface area contributed by atoms with Crippen LogP contribution in [-0.2, 0) is 23.7 Å². The van der Waals surface area contributed by atoms with Crippen molar-refractivity contribution >= 4 is 5.97 Å². The molecule has 0 bridgehead atoms. The minimum absolute atomic E-state index is 0.0668. The largest absolute Gasteiger partial charge is 0.481 e. The van der Waals surface area contributed by atoms with Crippen molar-refractivity contribution in [1.82, 2.24) is 0 Å². The summed E-state index contributed by atoms with van der Waals surface area (Å²) in [5, 5.41) is 20.1. The molecule has 7 nitrogen and oxygen atoms in total.